The van der Waals surface area contributed by atoms with Crippen LogP contribution in [-0.2, 0) is 6.54 Å². The van der Waals surface area contributed by atoms with Crippen molar-refractivity contribution in [3.8, 4) is 0 Å². The van der Waals surface area contributed by atoms with Gasteiger partial charge in [-0.1, -0.05) is 30.3 Å². The zero-order chi connectivity index (χ0) is 13.0. The topological polar surface area (TPSA) is 32.5 Å². The van der Waals surface area contributed by atoms with Crippen LogP contribution in [-0.4, -0.2) is 49.6 Å². The van der Waals surface area contributed by atoms with E-state index >= 15 is 0 Å². The van der Waals surface area contributed by atoms with Gasteiger partial charge >= 0.3 is 0 Å². The molecule has 0 radical (unpaired) electrons. The van der Waals surface area contributed by atoms with Crippen LogP contribution in [0, 0.1) is 5.92 Å². The van der Waals surface area contributed by atoms with E-state index < -0.39 is 0 Å². The fourth-order valence-electron chi connectivity index (χ4n) is 2.79. The molecule has 0 aromatic heterocycles. The fraction of sp³-hybridized carbons (Fsp3) is 0.600. The molecule has 0 bridgehead atoms. The Hall–Kier alpha value is -0.900. The molecule has 0 amide bonds. The van der Waals surface area contributed by atoms with Gasteiger partial charge in [-0.3, -0.25) is 0 Å². The van der Waals surface area contributed by atoms with Crippen molar-refractivity contribution in [3.63, 3.8) is 0 Å². The molecule has 0 spiro atoms. The van der Waals surface area contributed by atoms with E-state index in [-0.39, 0.29) is 0 Å². The van der Waals surface area contributed by atoms with E-state index in [0.717, 1.165) is 32.6 Å². The van der Waals surface area contributed by atoms with Crippen molar-refractivity contribution in [2.24, 2.45) is 11.7 Å². The summed E-state index contributed by atoms with van der Waals surface area (Å²) in [5.41, 5.74) is 7.60. The summed E-state index contributed by atoms with van der Waals surface area (Å²) in [6.45, 7) is 4.36. The van der Waals surface area contributed by atoms with E-state index in [1.54, 1.807) is 0 Å². The van der Waals surface area contributed by atoms with Crippen LogP contribution in [0.5, 0.6) is 0 Å². The highest BCUT2D eigenvalue weighted by Crippen LogP contribution is 2.16. The zero-order valence-electron chi connectivity index (χ0n) is 11.5. The first-order chi connectivity index (χ1) is 8.65. The maximum absolute atomic E-state index is 6.23. The average molecular weight is 247 g/mol. The zero-order valence-corrected chi connectivity index (χ0v) is 11.5. The van der Waals surface area contributed by atoms with Crippen molar-refractivity contribution in [2.45, 2.75) is 19.0 Å². The second-order valence-electron chi connectivity index (χ2n) is 5.66. The number of nitrogens with two attached hydrogens (primary N) is 1. The number of hydrogen-bond donors (Lipinski definition) is 1. The molecule has 1 aromatic carbocycles. The minimum absolute atomic E-state index is 0.361. The number of benzene rings is 1. The minimum atomic E-state index is 0.361. The lowest BCUT2D eigenvalue weighted by Crippen LogP contribution is -2.49. The second kappa shape index (κ2) is 6.32. The summed E-state index contributed by atoms with van der Waals surface area (Å²) in [5.74, 6) is 0.595. The summed E-state index contributed by atoms with van der Waals surface area (Å²) in [5, 5.41) is 0. The summed E-state index contributed by atoms with van der Waals surface area (Å²) < 4.78 is 0. The van der Waals surface area contributed by atoms with Gasteiger partial charge < -0.3 is 15.5 Å². The fourth-order valence-corrected chi connectivity index (χ4v) is 2.79. The Morgan fingerprint density at radius 2 is 2.06 bits per heavy atom. The lowest BCUT2D eigenvalue weighted by molar-refractivity contribution is 0.144. The normalized spacial score (nSPS) is 25.6. The number of nitrogens with zero attached hydrogens (tertiary/aromatic N) is 2. The van der Waals surface area contributed by atoms with Gasteiger partial charge in [-0.25, -0.2) is 0 Å². The summed E-state index contributed by atoms with van der Waals surface area (Å²) in [6.07, 6.45) is 1.13. The van der Waals surface area contributed by atoms with Crippen LogP contribution in [0.2, 0.25) is 0 Å². The van der Waals surface area contributed by atoms with Crippen molar-refractivity contribution in [2.75, 3.05) is 33.7 Å². The smallest absolute Gasteiger partial charge is 0.0230 e. The molecule has 1 aliphatic heterocycles. The first-order valence-electron chi connectivity index (χ1n) is 6.81. The molecule has 2 rings (SSSR count). The number of piperidine rings is 1. The SMILES string of the molecule is CN1CCC(N)C(CN(C)Cc2ccccc2)C1. The third-order valence-corrected chi connectivity index (χ3v) is 3.84. The molecule has 3 nitrogen and oxygen atoms in total. The molecule has 3 heteroatoms. The highest BCUT2D eigenvalue weighted by Gasteiger charge is 2.25. The number of rotatable bonds is 4. The largest absolute Gasteiger partial charge is 0.327 e. The van der Waals surface area contributed by atoms with Gasteiger partial charge in [0.05, 0.1) is 0 Å². The molecular weight excluding hydrogens is 222 g/mol. The summed E-state index contributed by atoms with van der Waals surface area (Å²) in [6, 6.07) is 11.0. The van der Waals surface area contributed by atoms with Gasteiger partial charge in [0, 0.05) is 25.7 Å². The van der Waals surface area contributed by atoms with Crippen molar-refractivity contribution in [3.05, 3.63) is 35.9 Å². The monoisotopic (exact) mass is 247 g/mol. The van der Waals surface area contributed by atoms with Crippen LogP contribution in [0.1, 0.15) is 12.0 Å². The summed E-state index contributed by atoms with van der Waals surface area (Å²) in [7, 11) is 4.38. The van der Waals surface area contributed by atoms with Crippen molar-refractivity contribution in [1.82, 2.24) is 9.80 Å². The number of likely N-dealkylation sites (tertiary alicyclic amines) is 1. The molecule has 1 aromatic rings. The van der Waals surface area contributed by atoms with Crippen LogP contribution in [0.25, 0.3) is 0 Å². The number of hydrogen-bond acceptors (Lipinski definition) is 3. The van der Waals surface area contributed by atoms with E-state index in [2.05, 4.69) is 54.2 Å². The van der Waals surface area contributed by atoms with Gasteiger partial charge in [-0.05, 0) is 38.5 Å². The second-order valence-corrected chi connectivity index (χ2v) is 5.66. The molecule has 100 valence electrons. The molecular formula is C15H25N3. The Morgan fingerprint density at radius 1 is 1.33 bits per heavy atom. The molecule has 2 unspecified atom stereocenters. The first-order valence-corrected chi connectivity index (χ1v) is 6.81. The molecule has 18 heavy (non-hydrogen) atoms. The van der Waals surface area contributed by atoms with Gasteiger partial charge in [-0.15, -0.1) is 0 Å². The van der Waals surface area contributed by atoms with Crippen molar-refractivity contribution in [1.29, 1.82) is 0 Å². The van der Waals surface area contributed by atoms with Crippen LogP contribution in [0.4, 0.5) is 0 Å². The van der Waals surface area contributed by atoms with Crippen LogP contribution >= 0.6 is 0 Å². The van der Waals surface area contributed by atoms with Gasteiger partial charge in [-0.2, -0.15) is 0 Å². The van der Waals surface area contributed by atoms with Gasteiger partial charge in [0.1, 0.15) is 0 Å². The molecule has 0 aliphatic carbocycles. The van der Waals surface area contributed by atoms with Gasteiger partial charge in [0.25, 0.3) is 0 Å². The Bertz CT molecular complexity index is 352. The molecule has 1 fully saturated rings. The Labute approximate surface area is 111 Å². The highest BCUT2D eigenvalue weighted by atomic mass is 15.1. The van der Waals surface area contributed by atoms with Crippen LogP contribution < -0.4 is 5.73 Å². The molecule has 2 N–H and O–H groups in total. The molecule has 2 atom stereocenters. The summed E-state index contributed by atoms with van der Waals surface area (Å²) in [4.78, 5) is 4.78. The minimum Gasteiger partial charge on any atom is -0.327 e. The molecule has 1 heterocycles. The predicted molar refractivity (Wildman–Crippen MR) is 76.4 cm³/mol. The van der Waals surface area contributed by atoms with Crippen molar-refractivity contribution < 1.29 is 0 Å². The third-order valence-electron chi connectivity index (χ3n) is 3.84. The van der Waals surface area contributed by atoms with E-state index in [1.165, 1.54) is 5.56 Å². The summed E-state index contributed by atoms with van der Waals surface area (Å²) >= 11 is 0. The quantitative estimate of drug-likeness (QED) is 0.873. The maximum Gasteiger partial charge on any atom is 0.0230 e. The molecule has 1 saturated heterocycles. The highest BCUT2D eigenvalue weighted by molar-refractivity contribution is 5.14. The molecule has 0 saturated carbocycles. The van der Waals surface area contributed by atoms with Gasteiger partial charge in [0.2, 0.25) is 0 Å². The lowest BCUT2D eigenvalue weighted by atomic mass is 9.92. The Balaban J connectivity index is 1.85. The van der Waals surface area contributed by atoms with E-state index in [1.807, 2.05) is 0 Å². The Kier molecular flexibility index (Phi) is 4.75. The van der Waals surface area contributed by atoms with E-state index in [9.17, 15) is 0 Å². The Morgan fingerprint density at radius 3 is 2.78 bits per heavy atom. The van der Waals surface area contributed by atoms with E-state index in [4.69, 9.17) is 5.73 Å². The average Bonchev–Trinajstić information content (AvgIpc) is 2.35. The lowest BCUT2D eigenvalue weighted by Gasteiger charge is -2.36. The van der Waals surface area contributed by atoms with Crippen molar-refractivity contribution >= 4 is 0 Å². The van der Waals surface area contributed by atoms with Gasteiger partial charge in [0.15, 0.2) is 0 Å². The first kappa shape index (κ1) is 13.5. The standard InChI is InChI=1S/C15H25N3/c1-17-9-8-15(16)14(11-17)12-18(2)10-13-6-4-3-5-7-13/h3-7,14-15H,8-12,16H2,1-2H3. The maximum atomic E-state index is 6.23. The van der Waals surface area contributed by atoms with Crippen LogP contribution in [0.15, 0.2) is 30.3 Å². The molecule has 1 aliphatic rings. The predicted octanol–water partition coefficient (Wildman–Crippen LogP) is 1.40. The van der Waals surface area contributed by atoms with E-state index in [0.29, 0.717) is 12.0 Å². The van der Waals surface area contributed by atoms with Crippen LogP contribution in [0.3, 0.4) is 0 Å². The third kappa shape index (κ3) is 3.80.